The van der Waals surface area contributed by atoms with Crippen LogP contribution in [-0.2, 0) is 0 Å². The first-order valence-electron chi connectivity index (χ1n) is 10.8. The van der Waals surface area contributed by atoms with Gasteiger partial charge in [0.15, 0.2) is 0 Å². The van der Waals surface area contributed by atoms with Crippen LogP contribution in [0.15, 0.2) is 10.4 Å². The van der Waals surface area contributed by atoms with Gasteiger partial charge in [0.25, 0.3) is 0 Å². The number of aromatic nitrogens is 2. The predicted octanol–water partition coefficient (Wildman–Crippen LogP) is 7.25. The molecule has 1 heterocycles. The molecule has 0 fully saturated rings. The van der Waals surface area contributed by atoms with Crippen LogP contribution in [0.5, 0.6) is 0 Å². The third-order valence-corrected chi connectivity index (χ3v) is 5.46. The molecule has 0 saturated carbocycles. The average Bonchev–Trinajstić information content (AvgIpc) is 3.09. The molecule has 1 rings (SSSR count). The van der Waals surface area contributed by atoms with Crippen LogP contribution in [0, 0.1) is 0 Å². The van der Waals surface area contributed by atoms with Crippen LogP contribution < -0.4 is 0 Å². The highest BCUT2D eigenvalue weighted by Crippen LogP contribution is 2.13. The number of hydrogen-bond acceptors (Lipinski definition) is 5. The van der Waals surface area contributed by atoms with Crippen LogP contribution in [0.1, 0.15) is 103 Å². The molecule has 0 atom stereocenters. The molecule has 0 aliphatic heterocycles. The average molecular weight is 402 g/mol. The van der Waals surface area contributed by atoms with Gasteiger partial charge in [-0.15, -0.1) is 17.7 Å². The minimum atomic E-state index is 0.694. The van der Waals surface area contributed by atoms with Crippen molar-refractivity contribution < 1.29 is 0 Å². The summed E-state index contributed by atoms with van der Waals surface area (Å²) >= 11 is 5.17. The second kappa shape index (κ2) is 21.2. The number of unbranched alkanes of at least 4 members (excludes halogenated alkanes) is 14. The van der Waals surface area contributed by atoms with Crippen molar-refractivity contribution in [1.29, 1.82) is 0 Å². The molecule has 0 amide bonds. The maximum Gasteiger partial charge on any atom is 0.128 e. The summed E-state index contributed by atoms with van der Waals surface area (Å²) in [4.78, 5) is 2.29. The number of hydrogen-bond donors (Lipinski definition) is 1. The Morgan fingerprint density at radius 1 is 0.769 bits per heavy atom. The van der Waals surface area contributed by atoms with Crippen LogP contribution in [0.25, 0.3) is 0 Å². The van der Waals surface area contributed by atoms with Gasteiger partial charge in [-0.2, -0.15) is 0 Å². The molecular weight excluding hydrogens is 358 g/mol. The minimum absolute atomic E-state index is 0.694. The van der Waals surface area contributed by atoms with Gasteiger partial charge in [-0.1, -0.05) is 101 Å². The highest BCUT2D eigenvalue weighted by Gasteiger charge is 1.94. The minimum Gasteiger partial charge on any atom is -0.309 e. The van der Waals surface area contributed by atoms with Gasteiger partial charge >= 0.3 is 0 Å². The van der Waals surface area contributed by atoms with Gasteiger partial charge in [-0.25, -0.2) is 0 Å². The standard InChI is InChI=1S/C19H41N.C2H2N2S2/c1-4-5-6-7-8-9-10-11-12-13-14-15-16-17-18-19-20(2)3;5-2-1-6-4-3-2/h4-19H2,1-3H3;1,5H. The lowest BCUT2D eigenvalue weighted by atomic mass is 10.0. The summed E-state index contributed by atoms with van der Waals surface area (Å²) in [5.74, 6) is 0. The summed E-state index contributed by atoms with van der Waals surface area (Å²) < 4.78 is 3.54. The Kier molecular flexibility index (Phi) is 21.1. The van der Waals surface area contributed by atoms with E-state index in [4.69, 9.17) is 0 Å². The highest BCUT2D eigenvalue weighted by molar-refractivity contribution is 7.80. The highest BCUT2D eigenvalue weighted by atomic mass is 32.1. The molecule has 0 unspecified atom stereocenters. The zero-order valence-corrected chi connectivity index (χ0v) is 19.3. The molecule has 0 radical (unpaired) electrons. The summed E-state index contributed by atoms with van der Waals surface area (Å²) in [6, 6.07) is 0. The van der Waals surface area contributed by atoms with E-state index in [1.54, 1.807) is 5.38 Å². The third kappa shape index (κ3) is 21.9. The predicted molar refractivity (Wildman–Crippen MR) is 121 cm³/mol. The Balaban J connectivity index is 0.000000867. The van der Waals surface area contributed by atoms with Crippen LogP contribution in [0.4, 0.5) is 0 Å². The molecule has 0 aliphatic rings. The normalized spacial score (nSPS) is 10.8. The molecular formula is C21H43N3S2. The van der Waals surface area contributed by atoms with E-state index in [2.05, 4.69) is 48.1 Å². The van der Waals surface area contributed by atoms with Crippen LogP contribution >= 0.6 is 24.2 Å². The van der Waals surface area contributed by atoms with Gasteiger partial charge < -0.3 is 4.90 Å². The Bertz CT molecular complexity index is 356. The lowest BCUT2D eigenvalue weighted by Gasteiger charge is -2.08. The second-order valence-corrected chi connectivity index (χ2v) is 8.58. The molecule has 0 spiro atoms. The molecule has 3 nitrogen and oxygen atoms in total. The molecule has 0 N–H and O–H groups in total. The number of nitrogens with zero attached hydrogens (tertiary/aromatic N) is 3. The van der Waals surface area contributed by atoms with Gasteiger partial charge in [0, 0.05) is 5.38 Å². The molecule has 0 aliphatic carbocycles. The third-order valence-electron chi connectivity index (χ3n) is 4.56. The van der Waals surface area contributed by atoms with Crippen molar-refractivity contribution in [3.8, 4) is 0 Å². The van der Waals surface area contributed by atoms with E-state index in [0.29, 0.717) is 5.03 Å². The first kappa shape index (κ1) is 25.9. The lowest BCUT2D eigenvalue weighted by Crippen LogP contribution is -2.12. The molecule has 154 valence electrons. The van der Waals surface area contributed by atoms with E-state index in [9.17, 15) is 0 Å². The molecule has 0 aromatic carbocycles. The Morgan fingerprint density at radius 3 is 1.46 bits per heavy atom. The lowest BCUT2D eigenvalue weighted by molar-refractivity contribution is 0.389. The second-order valence-electron chi connectivity index (χ2n) is 7.52. The zero-order valence-electron chi connectivity index (χ0n) is 17.6. The Morgan fingerprint density at radius 2 is 1.19 bits per heavy atom. The van der Waals surface area contributed by atoms with E-state index in [0.717, 1.165) is 0 Å². The van der Waals surface area contributed by atoms with Crippen molar-refractivity contribution in [2.45, 2.75) is 108 Å². The molecule has 0 saturated heterocycles. The first-order valence-corrected chi connectivity index (χ1v) is 12.1. The summed E-state index contributed by atoms with van der Waals surface area (Å²) in [6.07, 6.45) is 21.8. The summed E-state index contributed by atoms with van der Waals surface area (Å²) in [6.45, 7) is 3.56. The molecule has 26 heavy (non-hydrogen) atoms. The number of thiol groups is 1. The van der Waals surface area contributed by atoms with E-state index in [1.807, 2.05) is 0 Å². The van der Waals surface area contributed by atoms with E-state index < -0.39 is 0 Å². The Labute approximate surface area is 172 Å². The number of rotatable bonds is 16. The smallest absolute Gasteiger partial charge is 0.128 e. The largest absolute Gasteiger partial charge is 0.309 e. The quantitative estimate of drug-likeness (QED) is 0.234. The summed E-state index contributed by atoms with van der Waals surface area (Å²) in [7, 11) is 4.34. The Hall–Kier alpha value is -0.130. The maximum absolute atomic E-state index is 3.87. The fraction of sp³-hybridized carbons (Fsp3) is 0.905. The van der Waals surface area contributed by atoms with Crippen molar-refractivity contribution >= 4 is 24.2 Å². The van der Waals surface area contributed by atoms with Crippen LogP contribution in [0.2, 0.25) is 0 Å². The topological polar surface area (TPSA) is 29.0 Å². The van der Waals surface area contributed by atoms with Crippen LogP contribution in [-0.4, -0.2) is 35.1 Å². The molecule has 5 heteroatoms. The molecule has 0 bridgehead atoms. The van der Waals surface area contributed by atoms with Crippen molar-refractivity contribution in [2.75, 3.05) is 20.6 Å². The summed E-state index contributed by atoms with van der Waals surface area (Å²) in [5.41, 5.74) is 0. The molecule has 1 aromatic rings. The van der Waals surface area contributed by atoms with Gasteiger partial charge in [0.1, 0.15) is 5.03 Å². The zero-order chi connectivity index (χ0) is 19.3. The van der Waals surface area contributed by atoms with E-state index >= 15 is 0 Å². The van der Waals surface area contributed by atoms with Gasteiger partial charge in [0.05, 0.1) is 0 Å². The first-order chi connectivity index (χ1) is 12.7. The fourth-order valence-corrected chi connectivity index (χ4v) is 3.53. The molecule has 1 aromatic heterocycles. The SMILES string of the molecule is CCCCCCCCCCCCCCCCCN(C)C.Sc1csnn1. The fourth-order valence-electron chi connectivity index (χ4n) is 2.96. The van der Waals surface area contributed by atoms with Gasteiger partial charge in [-0.05, 0) is 38.6 Å². The van der Waals surface area contributed by atoms with Crippen molar-refractivity contribution in [1.82, 2.24) is 14.5 Å². The van der Waals surface area contributed by atoms with Crippen molar-refractivity contribution in [2.24, 2.45) is 0 Å². The maximum atomic E-state index is 3.87. The van der Waals surface area contributed by atoms with E-state index in [1.165, 1.54) is 114 Å². The van der Waals surface area contributed by atoms with Gasteiger partial charge in [0.2, 0.25) is 0 Å². The van der Waals surface area contributed by atoms with E-state index in [-0.39, 0.29) is 0 Å². The monoisotopic (exact) mass is 401 g/mol. The van der Waals surface area contributed by atoms with Crippen molar-refractivity contribution in [3.05, 3.63) is 5.38 Å². The summed E-state index contributed by atoms with van der Waals surface area (Å²) in [5, 5.41) is 6.01. The van der Waals surface area contributed by atoms with Gasteiger partial charge in [-0.3, -0.25) is 0 Å². The van der Waals surface area contributed by atoms with Crippen molar-refractivity contribution in [3.63, 3.8) is 0 Å². The van der Waals surface area contributed by atoms with Crippen LogP contribution in [0.3, 0.4) is 0 Å².